The van der Waals surface area contributed by atoms with Crippen LogP contribution in [0.2, 0.25) is 0 Å². The normalized spacial score (nSPS) is 14.1. The SMILES string of the molecule is C#CCCCCC/C=C/CC(C)C(O)OC(C)=O. The average molecular weight is 252 g/mol. The number of esters is 1. The van der Waals surface area contributed by atoms with Gasteiger partial charge in [-0.3, -0.25) is 4.79 Å². The van der Waals surface area contributed by atoms with Crippen molar-refractivity contribution < 1.29 is 14.6 Å². The quantitative estimate of drug-likeness (QED) is 0.225. The van der Waals surface area contributed by atoms with E-state index in [0.29, 0.717) is 6.42 Å². The van der Waals surface area contributed by atoms with Gasteiger partial charge < -0.3 is 9.84 Å². The summed E-state index contributed by atoms with van der Waals surface area (Å²) in [5.74, 6) is 2.10. The first kappa shape index (κ1) is 16.7. The maximum atomic E-state index is 10.6. The molecule has 0 heterocycles. The Morgan fingerprint density at radius 1 is 1.39 bits per heavy atom. The van der Waals surface area contributed by atoms with E-state index in [0.717, 1.165) is 32.1 Å². The van der Waals surface area contributed by atoms with Gasteiger partial charge in [0.15, 0.2) is 0 Å². The molecule has 0 saturated carbocycles. The van der Waals surface area contributed by atoms with Gasteiger partial charge in [0.25, 0.3) is 0 Å². The minimum absolute atomic E-state index is 0.0772. The van der Waals surface area contributed by atoms with Gasteiger partial charge in [-0.2, -0.15) is 0 Å². The lowest BCUT2D eigenvalue weighted by molar-refractivity contribution is -0.173. The van der Waals surface area contributed by atoms with E-state index >= 15 is 0 Å². The average Bonchev–Trinajstić information content (AvgIpc) is 2.31. The fourth-order valence-electron chi connectivity index (χ4n) is 1.50. The number of unbranched alkanes of at least 4 members (excludes halogenated alkanes) is 4. The number of rotatable bonds is 9. The van der Waals surface area contributed by atoms with Crippen molar-refractivity contribution in [2.45, 2.75) is 58.7 Å². The van der Waals surface area contributed by atoms with E-state index < -0.39 is 12.3 Å². The Bertz CT molecular complexity index is 289. The molecule has 0 bridgehead atoms. The van der Waals surface area contributed by atoms with Crippen molar-refractivity contribution in [3.05, 3.63) is 12.2 Å². The number of carbonyl (C=O) groups is 1. The van der Waals surface area contributed by atoms with Crippen molar-refractivity contribution in [3.63, 3.8) is 0 Å². The molecule has 3 heteroatoms. The number of ether oxygens (including phenoxy) is 1. The van der Waals surface area contributed by atoms with Crippen molar-refractivity contribution in [2.24, 2.45) is 5.92 Å². The predicted octanol–water partition coefficient (Wildman–Crippen LogP) is 3.03. The fourth-order valence-corrected chi connectivity index (χ4v) is 1.50. The highest BCUT2D eigenvalue weighted by Gasteiger charge is 2.15. The first-order valence-corrected chi connectivity index (χ1v) is 6.51. The molecular formula is C15H24O3. The summed E-state index contributed by atoms with van der Waals surface area (Å²) in [6, 6.07) is 0. The minimum atomic E-state index is -1.01. The zero-order valence-electron chi connectivity index (χ0n) is 11.4. The van der Waals surface area contributed by atoms with Crippen LogP contribution in [-0.4, -0.2) is 17.4 Å². The molecule has 0 aliphatic heterocycles. The monoisotopic (exact) mass is 252 g/mol. The molecule has 0 aliphatic rings. The number of aliphatic hydroxyl groups excluding tert-OH is 1. The van der Waals surface area contributed by atoms with Gasteiger partial charge in [0, 0.05) is 19.3 Å². The summed E-state index contributed by atoms with van der Waals surface area (Å²) in [6.07, 6.45) is 14.3. The van der Waals surface area contributed by atoms with E-state index in [1.165, 1.54) is 6.92 Å². The van der Waals surface area contributed by atoms with Crippen LogP contribution in [0.5, 0.6) is 0 Å². The first-order valence-electron chi connectivity index (χ1n) is 6.51. The molecule has 0 amide bonds. The molecule has 0 aromatic carbocycles. The minimum Gasteiger partial charge on any atom is -0.436 e. The maximum Gasteiger partial charge on any atom is 0.304 e. The third kappa shape index (κ3) is 9.92. The van der Waals surface area contributed by atoms with Gasteiger partial charge in [-0.05, 0) is 25.7 Å². The fraction of sp³-hybridized carbons (Fsp3) is 0.667. The van der Waals surface area contributed by atoms with Crippen molar-refractivity contribution in [1.82, 2.24) is 0 Å². The first-order chi connectivity index (χ1) is 8.57. The van der Waals surface area contributed by atoms with E-state index in [-0.39, 0.29) is 5.92 Å². The Kier molecular flexibility index (Phi) is 10.1. The molecule has 0 radical (unpaired) electrons. The molecule has 0 spiro atoms. The highest BCUT2D eigenvalue weighted by Crippen LogP contribution is 2.11. The summed E-state index contributed by atoms with van der Waals surface area (Å²) >= 11 is 0. The Morgan fingerprint density at radius 3 is 2.72 bits per heavy atom. The molecule has 0 saturated heterocycles. The topological polar surface area (TPSA) is 46.5 Å². The summed E-state index contributed by atoms with van der Waals surface area (Å²) in [7, 11) is 0. The lowest BCUT2D eigenvalue weighted by Gasteiger charge is -2.16. The lowest BCUT2D eigenvalue weighted by atomic mass is 10.1. The molecule has 2 unspecified atom stereocenters. The van der Waals surface area contributed by atoms with Crippen LogP contribution in [0.15, 0.2) is 12.2 Å². The third-order valence-electron chi connectivity index (χ3n) is 2.64. The van der Waals surface area contributed by atoms with E-state index in [1.54, 1.807) is 0 Å². The molecule has 0 aromatic heterocycles. The molecule has 1 N–H and O–H groups in total. The van der Waals surface area contributed by atoms with E-state index in [1.807, 2.05) is 13.0 Å². The standard InChI is InChI=1S/C15H24O3/c1-4-5-6-7-8-9-10-11-12-13(2)15(17)18-14(3)16/h1,10-11,13,15,17H,5-9,12H2,2-3H3/b11-10+. The van der Waals surface area contributed by atoms with Gasteiger partial charge >= 0.3 is 5.97 Å². The number of hydrogen-bond acceptors (Lipinski definition) is 3. The lowest BCUT2D eigenvalue weighted by Crippen LogP contribution is -2.23. The maximum absolute atomic E-state index is 10.6. The van der Waals surface area contributed by atoms with E-state index in [4.69, 9.17) is 11.2 Å². The molecule has 102 valence electrons. The Labute approximate surface area is 110 Å². The van der Waals surface area contributed by atoms with Crippen molar-refractivity contribution in [1.29, 1.82) is 0 Å². The number of hydrogen-bond donors (Lipinski definition) is 1. The number of aliphatic hydroxyl groups is 1. The van der Waals surface area contributed by atoms with Crippen LogP contribution in [0.25, 0.3) is 0 Å². The van der Waals surface area contributed by atoms with Crippen molar-refractivity contribution in [2.75, 3.05) is 0 Å². The Balaban J connectivity index is 3.56. The number of allylic oxidation sites excluding steroid dienone is 2. The van der Waals surface area contributed by atoms with Gasteiger partial charge in [-0.15, -0.1) is 12.3 Å². The molecule has 0 rings (SSSR count). The van der Waals surface area contributed by atoms with Crippen LogP contribution in [0.1, 0.15) is 52.4 Å². The molecule has 0 aromatic rings. The summed E-state index contributed by atoms with van der Waals surface area (Å²) in [5.41, 5.74) is 0. The molecular weight excluding hydrogens is 228 g/mol. The van der Waals surface area contributed by atoms with Crippen molar-refractivity contribution >= 4 is 5.97 Å². The zero-order valence-corrected chi connectivity index (χ0v) is 11.4. The molecule has 3 nitrogen and oxygen atoms in total. The summed E-state index contributed by atoms with van der Waals surface area (Å²) < 4.78 is 4.70. The van der Waals surface area contributed by atoms with Crippen LogP contribution in [0, 0.1) is 18.3 Å². The number of carbonyl (C=O) groups excluding carboxylic acids is 1. The van der Waals surface area contributed by atoms with E-state index in [2.05, 4.69) is 12.0 Å². The van der Waals surface area contributed by atoms with Gasteiger partial charge in [-0.1, -0.05) is 25.5 Å². The second-order valence-electron chi connectivity index (χ2n) is 4.49. The van der Waals surface area contributed by atoms with Crippen LogP contribution in [0.4, 0.5) is 0 Å². The van der Waals surface area contributed by atoms with E-state index in [9.17, 15) is 9.90 Å². The highest BCUT2D eigenvalue weighted by atomic mass is 16.6. The van der Waals surface area contributed by atoms with Gasteiger partial charge in [-0.25, -0.2) is 0 Å². The second-order valence-corrected chi connectivity index (χ2v) is 4.49. The largest absolute Gasteiger partial charge is 0.436 e. The smallest absolute Gasteiger partial charge is 0.304 e. The molecule has 0 aliphatic carbocycles. The van der Waals surface area contributed by atoms with Crippen LogP contribution in [-0.2, 0) is 9.53 Å². The summed E-state index contributed by atoms with van der Waals surface area (Å²) in [6.45, 7) is 3.15. The van der Waals surface area contributed by atoms with Crippen LogP contribution in [0.3, 0.4) is 0 Å². The molecule has 0 fully saturated rings. The summed E-state index contributed by atoms with van der Waals surface area (Å²) in [4.78, 5) is 10.6. The third-order valence-corrected chi connectivity index (χ3v) is 2.64. The Morgan fingerprint density at radius 2 is 2.11 bits per heavy atom. The highest BCUT2D eigenvalue weighted by molar-refractivity contribution is 5.66. The van der Waals surface area contributed by atoms with Crippen LogP contribution < -0.4 is 0 Å². The Hall–Kier alpha value is -1.27. The van der Waals surface area contributed by atoms with Gasteiger partial charge in [0.1, 0.15) is 0 Å². The van der Waals surface area contributed by atoms with Gasteiger partial charge in [0.05, 0.1) is 0 Å². The summed E-state index contributed by atoms with van der Waals surface area (Å²) in [5, 5.41) is 9.49. The second kappa shape index (κ2) is 10.9. The van der Waals surface area contributed by atoms with Gasteiger partial charge in [0.2, 0.25) is 6.29 Å². The zero-order chi connectivity index (χ0) is 13.8. The van der Waals surface area contributed by atoms with Crippen LogP contribution >= 0.6 is 0 Å². The predicted molar refractivity (Wildman–Crippen MR) is 72.6 cm³/mol. The number of terminal acetylenes is 1. The molecule has 18 heavy (non-hydrogen) atoms. The molecule has 2 atom stereocenters. The van der Waals surface area contributed by atoms with Crippen molar-refractivity contribution in [3.8, 4) is 12.3 Å².